The van der Waals surface area contributed by atoms with E-state index in [0.717, 1.165) is 0 Å². The van der Waals surface area contributed by atoms with Gasteiger partial charge in [0.1, 0.15) is 0 Å². The number of amides is 2. The second-order valence-electron chi connectivity index (χ2n) is 5.32. The lowest BCUT2D eigenvalue weighted by Gasteiger charge is -2.26. The maximum atomic E-state index is 11.9. The van der Waals surface area contributed by atoms with Crippen LogP contribution < -0.4 is 0 Å². The van der Waals surface area contributed by atoms with Gasteiger partial charge in [0.2, 0.25) is 11.8 Å². The predicted molar refractivity (Wildman–Crippen MR) is 64.9 cm³/mol. The van der Waals surface area contributed by atoms with E-state index in [1.807, 2.05) is 34.6 Å². The van der Waals surface area contributed by atoms with Crippen molar-refractivity contribution < 1.29 is 9.59 Å². The van der Waals surface area contributed by atoms with E-state index < -0.39 is 0 Å². The minimum Gasteiger partial charge on any atom is -0.280 e. The van der Waals surface area contributed by atoms with Gasteiger partial charge >= 0.3 is 0 Å². The Bertz CT molecular complexity index is 268. The summed E-state index contributed by atoms with van der Waals surface area (Å²) < 4.78 is 0. The number of likely N-dealkylation sites (tertiary alicyclic amines) is 1. The van der Waals surface area contributed by atoms with Gasteiger partial charge in [-0.25, -0.2) is 0 Å². The number of hydrogen-bond donors (Lipinski definition) is 0. The highest BCUT2D eigenvalue weighted by atomic mass is 32.1. The first-order chi connectivity index (χ1) is 6.25. The molecule has 1 aliphatic heterocycles. The second-order valence-corrected chi connectivity index (χ2v) is 5.32. The van der Waals surface area contributed by atoms with Crippen LogP contribution >= 0.6 is 13.5 Å². The van der Waals surface area contributed by atoms with Crippen LogP contribution in [0.1, 0.15) is 41.0 Å². The molecule has 0 aliphatic carbocycles. The van der Waals surface area contributed by atoms with Crippen molar-refractivity contribution in [2.75, 3.05) is 0 Å². The van der Waals surface area contributed by atoms with Crippen LogP contribution in [0.2, 0.25) is 0 Å². The van der Waals surface area contributed by atoms with Crippen LogP contribution in [0.25, 0.3) is 0 Å². The first kappa shape index (κ1) is 14.5. The number of rotatable bonds is 1. The van der Waals surface area contributed by atoms with Gasteiger partial charge < -0.3 is 0 Å². The molecule has 15 heavy (non-hydrogen) atoms. The van der Waals surface area contributed by atoms with E-state index in [-0.39, 0.29) is 42.7 Å². The van der Waals surface area contributed by atoms with Crippen LogP contribution in [0.4, 0.5) is 0 Å². The Labute approximate surface area is 98.7 Å². The van der Waals surface area contributed by atoms with Crippen molar-refractivity contribution in [1.82, 2.24) is 4.90 Å². The molecule has 0 bridgehead atoms. The molecule has 1 unspecified atom stereocenters. The van der Waals surface area contributed by atoms with Crippen molar-refractivity contribution in [1.29, 1.82) is 0 Å². The highest BCUT2D eigenvalue weighted by molar-refractivity contribution is 7.59. The molecule has 0 saturated carbocycles. The summed E-state index contributed by atoms with van der Waals surface area (Å²) in [6, 6.07) is -0.0117. The molecule has 4 heteroatoms. The fourth-order valence-corrected chi connectivity index (χ4v) is 1.87. The summed E-state index contributed by atoms with van der Waals surface area (Å²) in [4.78, 5) is 24.9. The van der Waals surface area contributed by atoms with E-state index in [9.17, 15) is 9.59 Å². The molecule has 1 rings (SSSR count). The molecule has 88 valence electrons. The molecule has 1 aliphatic rings. The lowest BCUT2D eigenvalue weighted by Crippen LogP contribution is -2.38. The van der Waals surface area contributed by atoms with Gasteiger partial charge in [0.25, 0.3) is 0 Å². The third-order valence-electron chi connectivity index (χ3n) is 2.74. The minimum atomic E-state index is -0.141. The van der Waals surface area contributed by atoms with Gasteiger partial charge in [0.05, 0.1) is 5.92 Å². The summed E-state index contributed by atoms with van der Waals surface area (Å²) in [6.07, 6.45) is 0.376. The van der Waals surface area contributed by atoms with Gasteiger partial charge in [-0.15, -0.1) is 0 Å². The Morgan fingerprint density at radius 2 is 1.73 bits per heavy atom. The van der Waals surface area contributed by atoms with Crippen molar-refractivity contribution in [2.24, 2.45) is 11.3 Å². The monoisotopic (exact) mass is 231 g/mol. The fourth-order valence-electron chi connectivity index (χ4n) is 1.87. The molecular formula is C11H21NO2S. The van der Waals surface area contributed by atoms with Crippen LogP contribution in [-0.4, -0.2) is 22.8 Å². The zero-order chi connectivity index (χ0) is 11.1. The number of nitrogens with zero attached hydrogens (tertiary/aromatic N) is 1. The van der Waals surface area contributed by atoms with Gasteiger partial charge in [0, 0.05) is 12.5 Å². The summed E-state index contributed by atoms with van der Waals surface area (Å²) in [5.74, 6) is -0.167. The van der Waals surface area contributed by atoms with E-state index in [2.05, 4.69) is 0 Å². The fraction of sp³-hybridized carbons (Fsp3) is 0.818. The summed E-state index contributed by atoms with van der Waals surface area (Å²) in [6.45, 7) is 9.77. The Morgan fingerprint density at radius 3 is 1.93 bits per heavy atom. The molecule has 1 saturated heterocycles. The number of carbonyl (C=O) groups is 2. The number of carbonyl (C=O) groups excluding carboxylic acids is 2. The largest absolute Gasteiger partial charge is 0.280 e. The van der Waals surface area contributed by atoms with E-state index in [4.69, 9.17) is 0 Å². The topological polar surface area (TPSA) is 37.4 Å². The lowest BCUT2D eigenvalue weighted by atomic mass is 9.80. The van der Waals surface area contributed by atoms with E-state index in [0.29, 0.717) is 6.42 Å². The normalized spacial score (nSPS) is 22.3. The summed E-state index contributed by atoms with van der Waals surface area (Å²) in [5, 5.41) is 0. The molecule has 0 aromatic heterocycles. The molecule has 2 amide bonds. The number of imide groups is 1. The third-order valence-corrected chi connectivity index (χ3v) is 2.74. The van der Waals surface area contributed by atoms with Gasteiger partial charge in [-0.1, -0.05) is 20.8 Å². The molecule has 0 radical (unpaired) electrons. The van der Waals surface area contributed by atoms with Gasteiger partial charge in [0.15, 0.2) is 0 Å². The van der Waals surface area contributed by atoms with Crippen LogP contribution in [0.15, 0.2) is 0 Å². The molecule has 1 heterocycles. The molecule has 0 N–H and O–H groups in total. The van der Waals surface area contributed by atoms with Gasteiger partial charge in [-0.2, -0.15) is 13.5 Å². The number of hydrogen-bond acceptors (Lipinski definition) is 2. The van der Waals surface area contributed by atoms with Gasteiger partial charge in [-0.05, 0) is 19.3 Å². The van der Waals surface area contributed by atoms with E-state index in [1.54, 1.807) is 0 Å². The molecule has 1 fully saturated rings. The van der Waals surface area contributed by atoms with Crippen LogP contribution in [0.5, 0.6) is 0 Å². The van der Waals surface area contributed by atoms with Crippen LogP contribution in [-0.2, 0) is 9.59 Å². The Kier molecular flexibility index (Phi) is 4.40. The first-order valence-electron chi connectivity index (χ1n) is 5.11. The quantitative estimate of drug-likeness (QED) is 0.647. The average molecular weight is 231 g/mol. The molecule has 1 atom stereocenters. The highest BCUT2D eigenvalue weighted by Gasteiger charge is 2.45. The Morgan fingerprint density at radius 1 is 1.27 bits per heavy atom. The predicted octanol–water partition coefficient (Wildman–Crippen LogP) is 1.93. The van der Waals surface area contributed by atoms with E-state index >= 15 is 0 Å². The Balaban J connectivity index is 0.00000196. The van der Waals surface area contributed by atoms with Crippen molar-refractivity contribution in [3.05, 3.63) is 0 Å². The van der Waals surface area contributed by atoms with Crippen molar-refractivity contribution in [2.45, 2.75) is 47.1 Å². The standard InChI is InChI=1S/C11H19NO2.H2S/c1-7(2)12-9(13)6-8(10(12)14)11(3,4)5;/h7-8H,6H2,1-5H3;1H2. The smallest absolute Gasteiger partial charge is 0.233 e. The van der Waals surface area contributed by atoms with Crippen LogP contribution in [0, 0.1) is 11.3 Å². The maximum Gasteiger partial charge on any atom is 0.233 e. The van der Waals surface area contributed by atoms with Gasteiger partial charge in [-0.3, -0.25) is 14.5 Å². The van der Waals surface area contributed by atoms with Crippen LogP contribution in [0.3, 0.4) is 0 Å². The molecule has 0 aromatic rings. The van der Waals surface area contributed by atoms with Crippen molar-refractivity contribution >= 4 is 25.3 Å². The second kappa shape index (κ2) is 4.56. The van der Waals surface area contributed by atoms with E-state index in [1.165, 1.54) is 4.90 Å². The minimum absolute atomic E-state index is 0. The van der Waals surface area contributed by atoms with Crippen molar-refractivity contribution in [3.63, 3.8) is 0 Å². The summed E-state index contributed by atoms with van der Waals surface area (Å²) >= 11 is 0. The average Bonchev–Trinajstić information content (AvgIpc) is 2.24. The third kappa shape index (κ3) is 2.74. The summed E-state index contributed by atoms with van der Waals surface area (Å²) in [5.41, 5.74) is -0.115. The molecule has 3 nitrogen and oxygen atoms in total. The lowest BCUT2D eigenvalue weighted by molar-refractivity contribution is -0.142. The molecule has 0 spiro atoms. The Hall–Kier alpha value is -0.510. The van der Waals surface area contributed by atoms with Crippen molar-refractivity contribution in [3.8, 4) is 0 Å². The molecular weight excluding hydrogens is 210 g/mol. The highest BCUT2D eigenvalue weighted by Crippen LogP contribution is 2.35. The zero-order valence-electron chi connectivity index (χ0n) is 10.1. The maximum absolute atomic E-state index is 11.9. The molecule has 0 aromatic carbocycles. The zero-order valence-corrected chi connectivity index (χ0v) is 11.1. The summed E-state index contributed by atoms with van der Waals surface area (Å²) in [7, 11) is 0. The SMILES string of the molecule is CC(C)N1C(=O)CC(C(C)(C)C)C1=O.S. The first-order valence-corrected chi connectivity index (χ1v) is 5.11.